The number of nitrogens with one attached hydrogen (secondary N) is 1. The van der Waals surface area contributed by atoms with E-state index in [4.69, 9.17) is 25.4 Å². The first-order valence-electron chi connectivity index (χ1n) is 6.43. The summed E-state index contributed by atoms with van der Waals surface area (Å²) in [5.74, 6) is 0.159. The predicted molar refractivity (Wildman–Crippen MR) is 77.9 cm³/mol. The van der Waals surface area contributed by atoms with Crippen molar-refractivity contribution in [3.8, 4) is 17.5 Å². The lowest BCUT2D eigenvalue weighted by Crippen LogP contribution is -2.20. The number of hydrogen-bond donors (Lipinski definition) is 1. The van der Waals surface area contributed by atoms with E-state index in [1.54, 1.807) is 31.2 Å². The summed E-state index contributed by atoms with van der Waals surface area (Å²) in [4.78, 5) is 19.5. The van der Waals surface area contributed by atoms with Crippen molar-refractivity contribution in [1.82, 2.24) is 20.3 Å². The summed E-state index contributed by atoms with van der Waals surface area (Å²) < 4.78 is 14.8. The number of amides is 1. The van der Waals surface area contributed by atoms with E-state index >= 15 is 0 Å². The number of ether oxygens (including phenoxy) is 1. The second-order valence-corrected chi connectivity index (χ2v) is 4.75. The van der Waals surface area contributed by atoms with Gasteiger partial charge in [-0.2, -0.15) is 9.97 Å². The van der Waals surface area contributed by atoms with Gasteiger partial charge in [-0.25, -0.2) is 0 Å². The molecule has 0 unspecified atom stereocenters. The Morgan fingerprint density at radius 3 is 2.83 bits per heavy atom. The van der Waals surface area contributed by atoms with E-state index in [-0.39, 0.29) is 24.5 Å². The number of aromatic nitrogens is 4. The summed E-state index contributed by atoms with van der Waals surface area (Å²) in [6.45, 7) is 1.27. The minimum absolute atomic E-state index is 0.0154. The molecule has 1 aromatic carbocycles. The van der Waals surface area contributed by atoms with Crippen molar-refractivity contribution >= 4 is 23.5 Å². The zero-order valence-electron chi connectivity index (χ0n) is 11.8. The van der Waals surface area contributed by atoms with Crippen LogP contribution in [0.15, 0.2) is 33.3 Å². The molecular weight excluding hydrogens is 326 g/mol. The van der Waals surface area contributed by atoms with Crippen LogP contribution in [0.3, 0.4) is 0 Å². The van der Waals surface area contributed by atoms with Crippen LogP contribution in [0, 0.1) is 6.92 Å². The Bertz CT molecular complexity index is 831. The van der Waals surface area contributed by atoms with Crippen LogP contribution < -0.4 is 10.1 Å². The lowest BCUT2D eigenvalue weighted by Gasteiger charge is -1.99. The van der Waals surface area contributed by atoms with Crippen LogP contribution in [0.2, 0.25) is 5.02 Å². The van der Waals surface area contributed by atoms with E-state index in [1.165, 1.54) is 0 Å². The van der Waals surface area contributed by atoms with Crippen molar-refractivity contribution in [3.63, 3.8) is 0 Å². The Morgan fingerprint density at radius 1 is 1.26 bits per heavy atom. The Morgan fingerprint density at radius 2 is 2.09 bits per heavy atom. The normalized spacial score (nSPS) is 10.5. The zero-order valence-corrected chi connectivity index (χ0v) is 12.6. The fourth-order valence-electron chi connectivity index (χ4n) is 1.65. The average Bonchev–Trinajstić information content (AvgIpc) is 3.15. The molecular formula is C13H10ClN5O4. The molecule has 0 atom stereocenters. The Hall–Kier alpha value is -2.94. The molecule has 1 N–H and O–H groups in total. The predicted octanol–water partition coefficient (Wildman–Crippen LogP) is 2.10. The highest BCUT2D eigenvalue weighted by molar-refractivity contribution is 6.33. The molecule has 0 spiro atoms. The highest BCUT2D eigenvalue weighted by atomic mass is 35.5. The van der Waals surface area contributed by atoms with E-state index in [0.717, 1.165) is 0 Å². The Kier molecular flexibility index (Phi) is 4.20. The third-order valence-electron chi connectivity index (χ3n) is 2.62. The average molecular weight is 336 g/mol. The van der Waals surface area contributed by atoms with Gasteiger partial charge in [-0.3, -0.25) is 14.6 Å². The maximum absolute atomic E-state index is 11.7. The van der Waals surface area contributed by atoms with E-state index in [1.807, 2.05) is 0 Å². The number of rotatable bonds is 5. The minimum Gasteiger partial charge on any atom is -0.439 e. The Balaban J connectivity index is 1.59. The van der Waals surface area contributed by atoms with Crippen molar-refractivity contribution in [3.05, 3.63) is 35.1 Å². The first-order chi connectivity index (χ1) is 11.1. The number of carbonyl (C=O) groups excluding carboxylic acids is 1. The lowest BCUT2D eigenvalue weighted by atomic mass is 10.2. The van der Waals surface area contributed by atoms with Crippen molar-refractivity contribution in [2.45, 2.75) is 6.92 Å². The summed E-state index contributed by atoms with van der Waals surface area (Å²) in [6, 6.07) is 7.00. The van der Waals surface area contributed by atoms with Crippen molar-refractivity contribution in [1.29, 1.82) is 0 Å². The molecule has 0 aliphatic heterocycles. The van der Waals surface area contributed by atoms with Crippen molar-refractivity contribution < 1.29 is 18.6 Å². The fraction of sp³-hybridized carbons (Fsp3) is 0.154. The summed E-state index contributed by atoms with van der Waals surface area (Å²) in [7, 11) is 0. The molecule has 23 heavy (non-hydrogen) atoms. The summed E-state index contributed by atoms with van der Waals surface area (Å²) in [5.41, 5.74) is 0.596. The standard InChI is InChI=1S/C13H10ClN5O4/c1-7-15-12(22-18-7)16-10(20)6-21-13-17-11(19-23-13)8-4-2-3-5-9(8)14/h2-5H,6H2,1H3,(H,15,16,18,20). The van der Waals surface area contributed by atoms with Gasteiger partial charge in [-0.05, 0) is 19.1 Å². The molecule has 9 nitrogen and oxygen atoms in total. The van der Waals surface area contributed by atoms with Crippen LogP contribution in [0.25, 0.3) is 11.4 Å². The van der Waals surface area contributed by atoms with E-state index < -0.39 is 5.91 Å². The molecule has 2 aromatic heterocycles. The summed E-state index contributed by atoms with van der Waals surface area (Å²) in [5, 5.41) is 10.1. The number of halogens is 1. The molecule has 0 bridgehead atoms. The first kappa shape index (κ1) is 15.0. The molecule has 0 saturated carbocycles. The monoisotopic (exact) mass is 335 g/mol. The van der Waals surface area contributed by atoms with Crippen LogP contribution in [0.5, 0.6) is 6.08 Å². The largest absolute Gasteiger partial charge is 0.439 e. The molecule has 3 aromatic rings. The second kappa shape index (κ2) is 6.44. The quantitative estimate of drug-likeness (QED) is 0.753. The van der Waals surface area contributed by atoms with Crippen molar-refractivity contribution in [2.24, 2.45) is 0 Å². The number of hydrogen-bond acceptors (Lipinski definition) is 8. The van der Waals surface area contributed by atoms with Crippen LogP contribution in [0.1, 0.15) is 5.82 Å². The summed E-state index contributed by atoms with van der Waals surface area (Å²) >= 11 is 6.04. The van der Waals surface area contributed by atoms with Gasteiger partial charge in [0.05, 0.1) is 5.02 Å². The SMILES string of the molecule is Cc1noc(NC(=O)COc2nc(-c3ccccc3Cl)no2)n1. The van der Waals surface area contributed by atoms with Gasteiger partial charge in [0.25, 0.3) is 5.91 Å². The highest BCUT2D eigenvalue weighted by Gasteiger charge is 2.14. The van der Waals surface area contributed by atoms with Gasteiger partial charge >= 0.3 is 12.1 Å². The molecule has 0 fully saturated rings. The first-order valence-corrected chi connectivity index (χ1v) is 6.81. The minimum atomic E-state index is -0.508. The van der Waals surface area contributed by atoms with Gasteiger partial charge in [-0.15, -0.1) is 0 Å². The molecule has 2 heterocycles. The lowest BCUT2D eigenvalue weighted by molar-refractivity contribution is -0.118. The molecule has 118 valence electrons. The van der Waals surface area contributed by atoms with Crippen LogP contribution >= 0.6 is 11.6 Å². The Labute approximate surface area is 134 Å². The number of benzene rings is 1. The number of nitrogens with zero attached hydrogens (tertiary/aromatic N) is 4. The third-order valence-corrected chi connectivity index (χ3v) is 2.95. The topological polar surface area (TPSA) is 116 Å². The molecule has 3 rings (SSSR count). The van der Waals surface area contributed by atoms with Crippen LogP contribution in [-0.2, 0) is 4.79 Å². The molecule has 1 amide bonds. The number of carbonyl (C=O) groups is 1. The zero-order chi connectivity index (χ0) is 16.2. The summed E-state index contributed by atoms with van der Waals surface area (Å²) in [6.07, 6.45) is -0.156. The maximum Gasteiger partial charge on any atom is 0.418 e. The van der Waals surface area contributed by atoms with Gasteiger partial charge in [-0.1, -0.05) is 34.0 Å². The van der Waals surface area contributed by atoms with Gasteiger partial charge in [0, 0.05) is 5.56 Å². The fourth-order valence-corrected chi connectivity index (χ4v) is 1.87. The van der Waals surface area contributed by atoms with Crippen LogP contribution in [0.4, 0.5) is 6.01 Å². The van der Waals surface area contributed by atoms with E-state index in [0.29, 0.717) is 16.4 Å². The smallest absolute Gasteiger partial charge is 0.418 e. The molecule has 10 heteroatoms. The van der Waals surface area contributed by atoms with E-state index in [2.05, 4.69) is 25.6 Å². The van der Waals surface area contributed by atoms with Crippen LogP contribution in [-0.4, -0.2) is 32.8 Å². The highest BCUT2D eigenvalue weighted by Crippen LogP contribution is 2.26. The van der Waals surface area contributed by atoms with Gasteiger partial charge in [0.1, 0.15) is 0 Å². The number of aryl methyl sites for hydroxylation is 1. The molecule has 0 aliphatic rings. The van der Waals surface area contributed by atoms with Gasteiger partial charge < -0.3 is 9.26 Å². The van der Waals surface area contributed by atoms with Gasteiger partial charge in [0.2, 0.25) is 5.82 Å². The third kappa shape index (κ3) is 3.64. The van der Waals surface area contributed by atoms with Crippen molar-refractivity contribution in [2.75, 3.05) is 11.9 Å². The second-order valence-electron chi connectivity index (χ2n) is 4.35. The number of anilines is 1. The maximum atomic E-state index is 11.7. The molecule has 0 aliphatic carbocycles. The van der Waals surface area contributed by atoms with E-state index in [9.17, 15) is 4.79 Å². The van der Waals surface area contributed by atoms with Gasteiger partial charge in [0.15, 0.2) is 12.4 Å². The molecule has 0 saturated heterocycles. The molecule has 0 radical (unpaired) electrons.